The molecule has 0 radical (unpaired) electrons. The lowest BCUT2D eigenvalue weighted by atomic mass is 10.1. The molecule has 1 saturated heterocycles. The molecule has 1 aromatic carbocycles. The van der Waals surface area contributed by atoms with Crippen molar-refractivity contribution in [2.24, 2.45) is 0 Å². The monoisotopic (exact) mass is 375 g/mol. The number of rotatable bonds is 4. The van der Waals surface area contributed by atoms with Gasteiger partial charge in [-0.05, 0) is 25.1 Å². The predicted octanol–water partition coefficient (Wildman–Crippen LogP) is 3.64. The maximum absolute atomic E-state index is 12.7. The lowest BCUT2D eigenvalue weighted by Gasteiger charge is -2.32. The Morgan fingerprint density at radius 3 is 2.65 bits per heavy atom. The molecule has 0 saturated carbocycles. The number of hydrogen-bond donors (Lipinski definition) is 0. The van der Waals surface area contributed by atoms with Crippen molar-refractivity contribution in [3.05, 3.63) is 62.9 Å². The van der Waals surface area contributed by atoms with Gasteiger partial charge >= 0.3 is 0 Å². The van der Waals surface area contributed by atoms with Crippen LogP contribution in [0.5, 0.6) is 5.75 Å². The normalized spacial score (nSPS) is 14.9. The highest BCUT2D eigenvalue weighted by Gasteiger charge is 2.27. The highest BCUT2D eigenvalue weighted by molar-refractivity contribution is 6.33. The predicted molar refractivity (Wildman–Crippen MR) is 96.6 cm³/mol. The summed E-state index contributed by atoms with van der Waals surface area (Å²) in [6.45, 7) is 2.91. The van der Waals surface area contributed by atoms with Gasteiger partial charge in [0.05, 0.1) is 21.7 Å². The Morgan fingerprint density at radius 2 is 2.04 bits per heavy atom. The van der Waals surface area contributed by atoms with E-state index in [2.05, 4.69) is 4.98 Å². The maximum atomic E-state index is 12.7. The zero-order valence-electron chi connectivity index (χ0n) is 14.2. The summed E-state index contributed by atoms with van der Waals surface area (Å²) in [5.41, 5.74) is 0.928. The Balaban J connectivity index is 1.62. The molecule has 0 aliphatic carbocycles. The molecule has 1 fully saturated rings. The van der Waals surface area contributed by atoms with Gasteiger partial charge in [0, 0.05) is 43.8 Å². The van der Waals surface area contributed by atoms with Crippen LogP contribution in [-0.2, 0) is 0 Å². The highest BCUT2D eigenvalue weighted by Crippen LogP contribution is 2.25. The number of pyridine rings is 1. The van der Waals surface area contributed by atoms with Gasteiger partial charge < -0.3 is 9.64 Å². The van der Waals surface area contributed by atoms with Crippen molar-refractivity contribution >= 4 is 23.2 Å². The number of nitrogens with zero attached hydrogens (tertiary/aromatic N) is 3. The Kier molecular flexibility index (Phi) is 5.37. The van der Waals surface area contributed by atoms with Crippen LogP contribution >= 0.6 is 11.6 Å². The van der Waals surface area contributed by atoms with Crippen LogP contribution < -0.4 is 4.74 Å². The van der Waals surface area contributed by atoms with Gasteiger partial charge in [0.1, 0.15) is 11.9 Å². The largest absolute Gasteiger partial charge is 0.489 e. The molecule has 136 valence electrons. The Hall–Kier alpha value is -2.67. The molecule has 0 atom stereocenters. The first-order chi connectivity index (χ1) is 12.4. The van der Waals surface area contributed by atoms with Crippen molar-refractivity contribution < 1.29 is 14.5 Å². The maximum Gasteiger partial charge on any atom is 0.270 e. The minimum absolute atomic E-state index is 0.00383. The van der Waals surface area contributed by atoms with Crippen molar-refractivity contribution in [1.29, 1.82) is 0 Å². The van der Waals surface area contributed by atoms with Crippen molar-refractivity contribution in [3.63, 3.8) is 0 Å². The van der Waals surface area contributed by atoms with Crippen LogP contribution in [0.2, 0.25) is 5.02 Å². The second-order valence-corrected chi connectivity index (χ2v) is 6.57. The van der Waals surface area contributed by atoms with Crippen molar-refractivity contribution in [3.8, 4) is 5.75 Å². The number of piperidine rings is 1. The number of hydrogen-bond acceptors (Lipinski definition) is 5. The number of nitro groups is 1. The second-order valence-electron chi connectivity index (χ2n) is 6.17. The third-order valence-electron chi connectivity index (χ3n) is 4.31. The smallest absolute Gasteiger partial charge is 0.270 e. The molecule has 1 aliphatic rings. The number of aryl methyl sites for hydroxylation is 1. The fourth-order valence-electron chi connectivity index (χ4n) is 2.85. The van der Waals surface area contributed by atoms with E-state index in [1.807, 2.05) is 19.1 Å². The average Bonchev–Trinajstić information content (AvgIpc) is 2.64. The van der Waals surface area contributed by atoms with E-state index in [1.165, 1.54) is 18.2 Å². The van der Waals surface area contributed by atoms with E-state index in [0.717, 1.165) is 5.69 Å². The molecule has 7 nitrogen and oxygen atoms in total. The molecule has 2 aromatic rings. The standard InChI is InChI=1S/C18H18ClN3O4/c1-12-2-4-15(11-20-12)26-14-6-8-21(9-7-14)18(23)16-10-13(22(24)25)3-5-17(16)19/h2-5,10-11,14H,6-9H2,1H3. The van der Waals surface area contributed by atoms with E-state index in [9.17, 15) is 14.9 Å². The molecular formula is C18H18ClN3O4. The third kappa shape index (κ3) is 4.11. The molecule has 3 rings (SSSR count). The van der Waals surface area contributed by atoms with Gasteiger partial charge in [-0.15, -0.1) is 0 Å². The molecule has 0 bridgehead atoms. The molecule has 0 N–H and O–H groups in total. The molecule has 8 heteroatoms. The number of amides is 1. The highest BCUT2D eigenvalue weighted by atomic mass is 35.5. The van der Waals surface area contributed by atoms with Crippen LogP contribution in [0, 0.1) is 17.0 Å². The van der Waals surface area contributed by atoms with E-state index >= 15 is 0 Å². The number of halogens is 1. The van der Waals surface area contributed by atoms with Crippen LogP contribution in [0.15, 0.2) is 36.5 Å². The van der Waals surface area contributed by atoms with Gasteiger partial charge in [0.25, 0.3) is 11.6 Å². The van der Waals surface area contributed by atoms with Gasteiger partial charge in [-0.3, -0.25) is 19.9 Å². The van der Waals surface area contributed by atoms with Crippen LogP contribution in [-0.4, -0.2) is 39.9 Å². The summed E-state index contributed by atoms with van der Waals surface area (Å²) in [6, 6.07) is 7.66. The zero-order chi connectivity index (χ0) is 18.7. The van der Waals surface area contributed by atoms with Crippen LogP contribution in [0.1, 0.15) is 28.9 Å². The van der Waals surface area contributed by atoms with Crippen molar-refractivity contribution in [2.45, 2.75) is 25.9 Å². The fraction of sp³-hybridized carbons (Fsp3) is 0.333. The van der Waals surface area contributed by atoms with E-state index in [0.29, 0.717) is 31.7 Å². The van der Waals surface area contributed by atoms with Crippen LogP contribution in [0.3, 0.4) is 0 Å². The summed E-state index contributed by atoms with van der Waals surface area (Å²) < 4.78 is 5.90. The number of carbonyl (C=O) groups is 1. The fourth-order valence-corrected chi connectivity index (χ4v) is 3.05. The second kappa shape index (κ2) is 7.70. The number of likely N-dealkylation sites (tertiary alicyclic amines) is 1. The molecule has 26 heavy (non-hydrogen) atoms. The summed E-state index contributed by atoms with van der Waals surface area (Å²) in [6.07, 6.45) is 3.04. The molecular weight excluding hydrogens is 358 g/mol. The van der Waals surface area contributed by atoms with Gasteiger partial charge in [0.15, 0.2) is 0 Å². The SMILES string of the molecule is Cc1ccc(OC2CCN(C(=O)c3cc([N+](=O)[O-])ccc3Cl)CC2)cn1. The lowest BCUT2D eigenvalue weighted by Crippen LogP contribution is -2.41. The first-order valence-corrected chi connectivity index (χ1v) is 8.64. The third-order valence-corrected chi connectivity index (χ3v) is 4.64. The number of non-ortho nitro benzene ring substituents is 1. The van der Waals surface area contributed by atoms with E-state index in [4.69, 9.17) is 16.3 Å². The van der Waals surface area contributed by atoms with Gasteiger partial charge in [0.2, 0.25) is 0 Å². The Morgan fingerprint density at radius 1 is 1.31 bits per heavy atom. The molecule has 1 aliphatic heterocycles. The number of nitro benzene ring substituents is 1. The Labute approximate surface area is 155 Å². The lowest BCUT2D eigenvalue weighted by molar-refractivity contribution is -0.384. The average molecular weight is 376 g/mol. The van der Waals surface area contributed by atoms with E-state index in [-0.39, 0.29) is 28.3 Å². The number of benzene rings is 1. The Bertz CT molecular complexity index is 818. The van der Waals surface area contributed by atoms with Gasteiger partial charge in [-0.25, -0.2) is 0 Å². The van der Waals surface area contributed by atoms with Crippen LogP contribution in [0.4, 0.5) is 5.69 Å². The first kappa shape index (κ1) is 18.1. The van der Waals surface area contributed by atoms with Crippen LogP contribution in [0.25, 0.3) is 0 Å². The van der Waals surface area contributed by atoms with Gasteiger partial charge in [-0.2, -0.15) is 0 Å². The van der Waals surface area contributed by atoms with E-state index in [1.54, 1.807) is 11.1 Å². The minimum Gasteiger partial charge on any atom is -0.489 e. The molecule has 2 heterocycles. The summed E-state index contributed by atoms with van der Waals surface area (Å²) in [7, 11) is 0. The summed E-state index contributed by atoms with van der Waals surface area (Å²) in [5, 5.41) is 11.1. The van der Waals surface area contributed by atoms with Gasteiger partial charge in [-0.1, -0.05) is 11.6 Å². The summed E-state index contributed by atoms with van der Waals surface area (Å²) >= 11 is 6.06. The number of carbonyl (C=O) groups excluding carboxylic acids is 1. The summed E-state index contributed by atoms with van der Waals surface area (Å²) in [4.78, 5) is 28.9. The molecule has 1 aromatic heterocycles. The van der Waals surface area contributed by atoms with Crippen molar-refractivity contribution in [1.82, 2.24) is 9.88 Å². The quantitative estimate of drug-likeness (QED) is 0.601. The first-order valence-electron chi connectivity index (χ1n) is 8.26. The van der Waals surface area contributed by atoms with E-state index < -0.39 is 4.92 Å². The summed E-state index contributed by atoms with van der Waals surface area (Å²) in [5.74, 6) is 0.413. The minimum atomic E-state index is -0.539. The zero-order valence-corrected chi connectivity index (χ0v) is 15.0. The number of ether oxygens (including phenoxy) is 1. The topological polar surface area (TPSA) is 85.6 Å². The molecule has 1 amide bonds. The molecule has 0 unspecified atom stereocenters. The van der Waals surface area contributed by atoms with Crippen molar-refractivity contribution in [2.75, 3.05) is 13.1 Å². The number of aromatic nitrogens is 1. The molecule has 0 spiro atoms.